The van der Waals surface area contributed by atoms with Crippen LogP contribution in [0.3, 0.4) is 0 Å². The minimum Gasteiger partial charge on any atom is -0.313 e. The Morgan fingerprint density at radius 2 is 1.93 bits per heavy atom. The summed E-state index contributed by atoms with van der Waals surface area (Å²) in [5.41, 5.74) is 1.79. The maximum atomic E-state index is 13.9. The third kappa shape index (κ3) is 4.37. The van der Waals surface area contributed by atoms with Crippen LogP contribution in [0.2, 0.25) is 0 Å². The van der Waals surface area contributed by atoms with E-state index in [0.29, 0.717) is 46.9 Å². The molecule has 2 aliphatic carbocycles. The van der Waals surface area contributed by atoms with Crippen molar-refractivity contribution >= 4 is 23.1 Å². The Morgan fingerprint density at radius 1 is 1.20 bits per heavy atom. The molecule has 30 heavy (non-hydrogen) atoms. The second-order valence-corrected chi connectivity index (χ2v) is 7.78. The van der Waals surface area contributed by atoms with Crippen molar-refractivity contribution in [3.63, 3.8) is 0 Å². The number of hydrogen-bond donors (Lipinski definition) is 1. The normalized spacial score (nSPS) is 15.4. The van der Waals surface area contributed by atoms with Crippen LogP contribution in [0.5, 0.6) is 0 Å². The summed E-state index contributed by atoms with van der Waals surface area (Å²) in [5.74, 6) is 0.403. The highest BCUT2D eigenvalue weighted by Gasteiger charge is 2.24. The fourth-order valence-electron chi connectivity index (χ4n) is 3.18. The first-order valence-electron chi connectivity index (χ1n) is 9.96. The van der Waals surface area contributed by atoms with Crippen LogP contribution < -0.4 is 10.9 Å². The van der Waals surface area contributed by atoms with Crippen LogP contribution in [0.4, 0.5) is 14.6 Å². The average Bonchev–Trinajstić information content (AvgIpc) is 3.66. The highest BCUT2D eigenvalue weighted by Crippen LogP contribution is 2.32. The van der Waals surface area contributed by atoms with E-state index in [1.807, 2.05) is 0 Å². The van der Waals surface area contributed by atoms with Gasteiger partial charge in [0.15, 0.2) is 0 Å². The first kappa shape index (κ1) is 20.1. The fourth-order valence-corrected chi connectivity index (χ4v) is 3.18. The Kier molecular flexibility index (Phi) is 5.57. The molecule has 1 amide bonds. The first-order valence-corrected chi connectivity index (χ1v) is 9.96. The number of nitrogens with one attached hydrogen (secondary N) is 1. The van der Waals surface area contributed by atoms with Crippen molar-refractivity contribution in [2.24, 2.45) is 5.92 Å². The van der Waals surface area contributed by atoms with Crippen molar-refractivity contribution in [3.8, 4) is 11.1 Å². The number of pyridine rings is 3. The van der Waals surface area contributed by atoms with E-state index in [9.17, 15) is 18.4 Å². The molecule has 0 spiro atoms. The van der Waals surface area contributed by atoms with E-state index in [2.05, 4.69) is 15.3 Å². The van der Waals surface area contributed by atoms with Gasteiger partial charge in [-0.2, -0.15) is 0 Å². The second-order valence-electron chi connectivity index (χ2n) is 7.78. The largest absolute Gasteiger partial charge is 0.313 e. The molecule has 5 rings (SSSR count). The molecule has 0 saturated heterocycles. The van der Waals surface area contributed by atoms with Gasteiger partial charge in [-0.15, -0.1) is 0 Å². The van der Waals surface area contributed by atoms with Crippen LogP contribution in [0.25, 0.3) is 22.0 Å². The van der Waals surface area contributed by atoms with Crippen LogP contribution in [-0.4, -0.2) is 27.1 Å². The first-order chi connectivity index (χ1) is 14.5. The molecule has 3 aromatic rings. The molecule has 3 aromatic heterocycles. The Labute approximate surface area is 173 Å². The summed E-state index contributed by atoms with van der Waals surface area (Å²) < 4.78 is 26.8. The van der Waals surface area contributed by atoms with E-state index in [-0.39, 0.29) is 6.99 Å². The Morgan fingerprint density at radius 3 is 2.57 bits per heavy atom. The summed E-state index contributed by atoms with van der Waals surface area (Å²) in [6.45, 7) is 2.23. The van der Waals surface area contributed by atoms with Crippen LogP contribution in [0.1, 0.15) is 32.7 Å². The van der Waals surface area contributed by atoms with Gasteiger partial charge in [-0.1, -0.05) is 0 Å². The molecule has 0 aliphatic heterocycles. The summed E-state index contributed by atoms with van der Waals surface area (Å²) in [4.78, 5) is 32.0. The van der Waals surface area contributed by atoms with Gasteiger partial charge in [-0.05, 0) is 50.2 Å². The van der Waals surface area contributed by atoms with Gasteiger partial charge >= 0.3 is 0 Å². The van der Waals surface area contributed by atoms with Gasteiger partial charge in [0.1, 0.15) is 17.8 Å². The number of nitrogens with zero attached hydrogens (tertiary/aromatic N) is 3. The van der Waals surface area contributed by atoms with Crippen molar-refractivity contribution < 1.29 is 15.0 Å². The lowest BCUT2D eigenvalue weighted by atomic mass is 10.0. The molecule has 0 atom stereocenters. The standard InChI is InChI=1S/C19H17FN4O2.C3H5F.H2/c1-11-15(7-21-8-16(11)20)14-4-13-6-22-18(23-10-25)5-17(13)24(19(14)26)9-12-2-3-12;4-3-1-2-3;/h4-8,10,12H,2-3,9H2,1H3,(H,22,23,25);3H,1-2H2;1H. The molecule has 2 fully saturated rings. The maximum Gasteiger partial charge on any atom is 0.259 e. The smallest absolute Gasteiger partial charge is 0.259 e. The SMILES string of the molecule is Cc1c(F)cncc1-c1cc2cnc(NC=O)cc2n(CC2CC2)c1=O.FC1CC1.[HH]. The number of anilines is 1. The molecule has 1 N–H and O–H groups in total. The molecular weight excluding hydrogens is 390 g/mol. The van der Waals surface area contributed by atoms with Crippen LogP contribution in [0.15, 0.2) is 35.5 Å². The molecule has 0 radical (unpaired) electrons. The number of halogens is 2. The lowest BCUT2D eigenvalue weighted by molar-refractivity contribution is -0.105. The van der Waals surface area contributed by atoms with E-state index in [1.165, 1.54) is 6.20 Å². The van der Waals surface area contributed by atoms with E-state index >= 15 is 0 Å². The predicted molar refractivity (Wildman–Crippen MR) is 113 cm³/mol. The highest BCUT2D eigenvalue weighted by molar-refractivity contribution is 5.87. The Hall–Kier alpha value is -3.16. The van der Waals surface area contributed by atoms with Gasteiger partial charge in [0.05, 0.1) is 11.7 Å². The molecular formula is C22H24F2N4O2. The topological polar surface area (TPSA) is 76.9 Å². The molecule has 3 heterocycles. The van der Waals surface area contributed by atoms with E-state index in [0.717, 1.165) is 37.3 Å². The summed E-state index contributed by atoms with van der Waals surface area (Å²) in [5, 5.41) is 3.26. The predicted octanol–water partition coefficient (Wildman–Crippen LogP) is 4.25. The maximum absolute atomic E-state index is 13.9. The Bertz CT molecular complexity index is 1160. The van der Waals surface area contributed by atoms with Gasteiger partial charge in [-0.3, -0.25) is 14.6 Å². The number of aromatic nitrogens is 3. The molecule has 8 heteroatoms. The van der Waals surface area contributed by atoms with E-state index < -0.39 is 12.0 Å². The zero-order valence-electron chi connectivity index (χ0n) is 16.6. The van der Waals surface area contributed by atoms with Gasteiger partial charge < -0.3 is 9.88 Å². The number of carbonyl (C=O) groups excluding carboxylic acids is 1. The quantitative estimate of drug-likeness (QED) is 0.634. The minimum absolute atomic E-state index is 0. The number of hydrogen-bond acceptors (Lipinski definition) is 4. The van der Waals surface area contributed by atoms with Crippen LogP contribution >= 0.6 is 0 Å². The van der Waals surface area contributed by atoms with Crippen LogP contribution in [-0.2, 0) is 11.3 Å². The molecule has 0 bridgehead atoms. The summed E-state index contributed by atoms with van der Waals surface area (Å²) >= 11 is 0. The van der Waals surface area contributed by atoms with Gasteiger partial charge in [0.2, 0.25) is 6.41 Å². The monoisotopic (exact) mass is 414 g/mol. The third-order valence-electron chi connectivity index (χ3n) is 5.27. The minimum atomic E-state index is -0.445. The number of amides is 1. The average molecular weight is 414 g/mol. The lowest BCUT2D eigenvalue weighted by Gasteiger charge is -2.14. The van der Waals surface area contributed by atoms with Gasteiger partial charge in [0, 0.05) is 42.9 Å². The van der Waals surface area contributed by atoms with Crippen molar-refractivity contribution in [3.05, 3.63) is 52.5 Å². The Balaban J connectivity index is 0.000000491. The lowest BCUT2D eigenvalue weighted by Crippen LogP contribution is -2.23. The zero-order valence-corrected chi connectivity index (χ0v) is 16.6. The van der Waals surface area contributed by atoms with E-state index in [4.69, 9.17) is 0 Å². The van der Waals surface area contributed by atoms with Gasteiger partial charge in [-0.25, -0.2) is 13.8 Å². The molecule has 0 unspecified atom stereocenters. The van der Waals surface area contributed by atoms with Crippen molar-refractivity contribution in [2.45, 2.75) is 45.3 Å². The highest BCUT2D eigenvalue weighted by atomic mass is 19.1. The number of rotatable bonds is 5. The number of carbonyl (C=O) groups is 1. The zero-order chi connectivity index (χ0) is 21.3. The number of fused-ring (bicyclic) bond motifs is 1. The third-order valence-corrected chi connectivity index (χ3v) is 5.27. The molecule has 2 aliphatic rings. The summed E-state index contributed by atoms with van der Waals surface area (Å²) in [7, 11) is 0. The van der Waals surface area contributed by atoms with Crippen molar-refractivity contribution in [1.82, 2.24) is 14.5 Å². The molecule has 0 aromatic carbocycles. The molecule has 2 saturated carbocycles. The summed E-state index contributed by atoms with van der Waals surface area (Å²) in [6, 6.07) is 3.40. The van der Waals surface area contributed by atoms with E-state index in [1.54, 1.807) is 29.8 Å². The second kappa shape index (κ2) is 8.30. The van der Waals surface area contributed by atoms with Crippen molar-refractivity contribution in [2.75, 3.05) is 5.32 Å². The van der Waals surface area contributed by atoms with Crippen LogP contribution in [0, 0.1) is 18.7 Å². The molecule has 158 valence electrons. The van der Waals surface area contributed by atoms with Crippen molar-refractivity contribution in [1.29, 1.82) is 0 Å². The molecule has 6 nitrogen and oxygen atoms in total. The number of alkyl halides is 1. The summed E-state index contributed by atoms with van der Waals surface area (Å²) in [6.07, 6.45) is 8.20. The fraction of sp³-hybridized carbons (Fsp3) is 0.364. The van der Waals surface area contributed by atoms with Gasteiger partial charge in [0.25, 0.3) is 5.56 Å².